The minimum Gasteiger partial charge on any atom is -0.497 e. The Kier molecular flexibility index (Phi) is 3.84. The highest BCUT2D eigenvalue weighted by Gasteiger charge is 2.09. The summed E-state index contributed by atoms with van der Waals surface area (Å²) in [5.74, 6) is 2.46. The fraction of sp³-hybridized carbons (Fsp3) is 0.188. The molecule has 0 spiro atoms. The number of aromatic nitrogens is 2. The Morgan fingerprint density at radius 3 is 2.76 bits per heavy atom. The molecule has 0 aliphatic rings. The highest BCUT2D eigenvalue weighted by molar-refractivity contribution is 9.10. The zero-order valence-electron chi connectivity index (χ0n) is 11.8. The highest BCUT2D eigenvalue weighted by atomic mass is 79.9. The third-order valence-corrected chi connectivity index (χ3v) is 3.81. The predicted octanol–water partition coefficient (Wildman–Crippen LogP) is 4.40. The molecular weight excluding hydrogens is 332 g/mol. The van der Waals surface area contributed by atoms with Crippen molar-refractivity contribution in [2.75, 3.05) is 13.7 Å². The van der Waals surface area contributed by atoms with Crippen LogP contribution >= 0.6 is 15.9 Å². The molecule has 4 nitrogen and oxygen atoms in total. The predicted molar refractivity (Wildman–Crippen MR) is 87.0 cm³/mol. The number of hydrogen-bond donors (Lipinski definition) is 1. The van der Waals surface area contributed by atoms with E-state index >= 15 is 0 Å². The second-order valence-corrected chi connectivity index (χ2v) is 5.40. The van der Waals surface area contributed by atoms with Crippen molar-refractivity contribution in [1.82, 2.24) is 9.97 Å². The van der Waals surface area contributed by atoms with Crippen LogP contribution in [0.5, 0.6) is 11.5 Å². The normalized spacial score (nSPS) is 10.8. The number of halogens is 1. The average Bonchev–Trinajstić information content (AvgIpc) is 2.92. The molecule has 21 heavy (non-hydrogen) atoms. The van der Waals surface area contributed by atoms with Crippen molar-refractivity contribution in [3.63, 3.8) is 0 Å². The van der Waals surface area contributed by atoms with Gasteiger partial charge < -0.3 is 14.5 Å². The van der Waals surface area contributed by atoms with Crippen LogP contribution < -0.4 is 9.47 Å². The van der Waals surface area contributed by atoms with Crippen LogP contribution in [0.1, 0.15) is 6.92 Å². The molecule has 1 aromatic heterocycles. The van der Waals surface area contributed by atoms with Crippen LogP contribution in [-0.4, -0.2) is 23.7 Å². The van der Waals surface area contributed by atoms with Gasteiger partial charge in [-0.2, -0.15) is 0 Å². The minimum atomic E-state index is 0.641. The van der Waals surface area contributed by atoms with Crippen LogP contribution in [0.25, 0.3) is 22.4 Å². The Morgan fingerprint density at radius 1 is 1.19 bits per heavy atom. The molecule has 0 fully saturated rings. The topological polar surface area (TPSA) is 47.1 Å². The van der Waals surface area contributed by atoms with Crippen LogP contribution in [0.2, 0.25) is 0 Å². The lowest BCUT2D eigenvalue weighted by molar-refractivity contribution is 0.338. The average molecular weight is 347 g/mol. The van der Waals surface area contributed by atoms with Gasteiger partial charge in [-0.05, 0) is 53.2 Å². The quantitative estimate of drug-likeness (QED) is 0.761. The van der Waals surface area contributed by atoms with Crippen LogP contribution in [0, 0.1) is 0 Å². The fourth-order valence-electron chi connectivity index (χ4n) is 2.17. The molecular formula is C16H15BrN2O2. The lowest BCUT2D eigenvalue weighted by atomic mass is 10.2. The summed E-state index contributed by atoms with van der Waals surface area (Å²) in [4.78, 5) is 7.91. The molecule has 3 rings (SSSR count). The van der Waals surface area contributed by atoms with Crippen LogP contribution in [-0.2, 0) is 0 Å². The molecule has 1 heterocycles. The van der Waals surface area contributed by atoms with E-state index in [9.17, 15) is 0 Å². The maximum atomic E-state index is 5.52. The third kappa shape index (κ3) is 2.74. The number of aromatic amines is 1. The first-order chi connectivity index (χ1) is 10.2. The summed E-state index contributed by atoms with van der Waals surface area (Å²) in [7, 11) is 1.65. The first kappa shape index (κ1) is 13.9. The van der Waals surface area contributed by atoms with Gasteiger partial charge in [0.1, 0.15) is 17.3 Å². The number of nitrogens with zero attached hydrogens (tertiary/aromatic N) is 1. The summed E-state index contributed by atoms with van der Waals surface area (Å²) in [6, 6.07) is 11.7. The number of hydrogen-bond acceptors (Lipinski definition) is 3. The smallest absolute Gasteiger partial charge is 0.138 e. The van der Waals surface area contributed by atoms with Gasteiger partial charge in [0.15, 0.2) is 0 Å². The van der Waals surface area contributed by atoms with Gasteiger partial charge in [-0.15, -0.1) is 0 Å². The van der Waals surface area contributed by atoms with E-state index in [2.05, 4.69) is 25.9 Å². The maximum absolute atomic E-state index is 5.52. The largest absolute Gasteiger partial charge is 0.497 e. The number of H-pyrrole nitrogens is 1. The van der Waals surface area contributed by atoms with Gasteiger partial charge in [0.2, 0.25) is 0 Å². The lowest BCUT2D eigenvalue weighted by Gasteiger charge is -2.06. The van der Waals surface area contributed by atoms with Crippen LogP contribution in [0.4, 0.5) is 0 Å². The monoisotopic (exact) mass is 346 g/mol. The number of nitrogens with one attached hydrogen (secondary N) is 1. The second-order valence-electron chi connectivity index (χ2n) is 4.55. The molecule has 1 N–H and O–H groups in total. The molecule has 108 valence electrons. The van der Waals surface area contributed by atoms with Gasteiger partial charge in [-0.3, -0.25) is 0 Å². The van der Waals surface area contributed by atoms with Gasteiger partial charge in [0, 0.05) is 11.6 Å². The molecule has 0 radical (unpaired) electrons. The molecule has 0 amide bonds. The molecule has 0 bridgehead atoms. The molecule has 0 saturated heterocycles. The Balaban J connectivity index is 2.01. The van der Waals surface area contributed by atoms with E-state index in [1.54, 1.807) is 7.11 Å². The zero-order chi connectivity index (χ0) is 14.8. The Hall–Kier alpha value is -2.01. The number of ether oxygens (including phenoxy) is 2. The summed E-state index contributed by atoms with van der Waals surface area (Å²) < 4.78 is 11.7. The molecule has 0 unspecified atom stereocenters. The van der Waals surface area contributed by atoms with Gasteiger partial charge >= 0.3 is 0 Å². The molecule has 5 heteroatoms. The van der Waals surface area contributed by atoms with Crippen molar-refractivity contribution < 1.29 is 9.47 Å². The minimum absolute atomic E-state index is 0.641. The first-order valence-corrected chi connectivity index (χ1v) is 7.47. The van der Waals surface area contributed by atoms with Gasteiger partial charge in [-0.1, -0.05) is 0 Å². The number of imidazole rings is 1. The second kappa shape index (κ2) is 5.77. The summed E-state index contributed by atoms with van der Waals surface area (Å²) >= 11 is 3.53. The highest BCUT2D eigenvalue weighted by Crippen LogP contribution is 2.31. The Bertz CT molecular complexity index is 783. The van der Waals surface area contributed by atoms with Gasteiger partial charge in [0.25, 0.3) is 0 Å². The maximum Gasteiger partial charge on any atom is 0.138 e. The summed E-state index contributed by atoms with van der Waals surface area (Å²) in [6.45, 7) is 2.61. The third-order valence-electron chi connectivity index (χ3n) is 3.19. The number of rotatable bonds is 4. The number of benzene rings is 2. The summed E-state index contributed by atoms with van der Waals surface area (Å²) in [6.07, 6.45) is 0. The Morgan fingerprint density at radius 2 is 2.05 bits per heavy atom. The van der Waals surface area contributed by atoms with E-state index in [1.807, 2.05) is 43.3 Å². The number of fused-ring (bicyclic) bond motifs is 1. The molecule has 3 aromatic rings. The van der Waals surface area contributed by atoms with E-state index in [4.69, 9.17) is 9.47 Å². The fourth-order valence-corrected chi connectivity index (χ4v) is 2.67. The molecule has 2 aromatic carbocycles. The molecule has 0 atom stereocenters. The SMILES string of the molecule is CCOc1ccc(-c2nc3ccc(OC)cc3[nH]2)cc1Br. The molecule has 0 saturated carbocycles. The van der Waals surface area contributed by atoms with Crippen molar-refractivity contribution >= 4 is 27.0 Å². The van der Waals surface area contributed by atoms with Crippen molar-refractivity contribution in [1.29, 1.82) is 0 Å². The van der Waals surface area contributed by atoms with Crippen molar-refractivity contribution in [2.45, 2.75) is 6.92 Å². The standard InChI is InChI=1S/C16H15BrN2O2/c1-3-21-15-7-4-10(8-12(15)17)16-18-13-6-5-11(20-2)9-14(13)19-16/h4-9H,3H2,1-2H3,(H,18,19). The van der Waals surface area contributed by atoms with E-state index in [1.165, 1.54) is 0 Å². The summed E-state index contributed by atoms with van der Waals surface area (Å²) in [5, 5.41) is 0. The number of methoxy groups -OCH3 is 1. The van der Waals surface area contributed by atoms with Crippen molar-refractivity contribution in [3.05, 3.63) is 40.9 Å². The van der Waals surface area contributed by atoms with E-state index < -0.39 is 0 Å². The molecule has 0 aliphatic heterocycles. The van der Waals surface area contributed by atoms with Crippen molar-refractivity contribution in [2.24, 2.45) is 0 Å². The lowest BCUT2D eigenvalue weighted by Crippen LogP contribution is -1.92. The van der Waals surface area contributed by atoms with Crippen LogP contribution in [0.3, 0.4) is 0 Å². The summed E-state index contributed by atoms with van der Waals surface area (Å²) in [5.41, 5.74) is 2.87. The molecule has 0 aliphatic carbocycles. The van der Waals surface area contributed by atoms with Gasteiger partial charge in [-0.25, -0.2) is 4.98 Å². The van der Waals surface area contributed by atoms with E-state index in [-0.39, 0.29) is 0 Å². The van der Waals surface area contributed by atoms with E-state index in [0.717, 1.165) is 38.4 Å². The first-order valence-electron chi connectivity index (χ1n) is 6.67. The van der Waals surface area contributed by atoms with Gasteiger partial charge in [0.05, 0.1) is 29.2 Å². The van der Waals surface area contributed by atoms with E-state index in [0.29, 0.717) is 6.61 Å². The van der Waals surface area contributed by atoms with Crippen LogP contribution in [0.15, 0.2) is 40.9 Å². The Labute approximate surface area is 131 Å². The zero-order valence-corrected chi connectivity index (χ0v) is 13.4. The van der Waals surface area contributed by atoms with Crippen molar-refractivity contribution in [3.8, 4) is 22.9 Å².